The summed E-state index contributed by atoms with van der Waals surface area (Å²) in [4.78, 5) is 0. The summed E-state index contributed by atoms with van der Waals surface area (Å²) in [7, 11) is 5.95. The number of rotatable bonds is 7. The van der Waals surface area contributed by atoms with Gasteiger partial charge in [0.25, 0.3) is 0 Å². The Hall–Kier alpha value is -1.34. The molecule has 0 fully saturated rings. The van der Waals surface area contributed by atoms with Gasteiger partial charge >= 0.3 is 0 Å². The van der Waals surface area contributed by atoms with E-state index in [4.69, 9.17) is 29.6 Å². The van der Waals surface area contributed by atoms with Gasteiger partial charge in [-0.05, 0) is 0 Å². The molecule has 0 radical (unpaired) electrons. The van der Waals surface area contributed by atoms with E-state index in [1.54, 1.807) is 12.1 Å². The van der Waals surface area contributed by atoms with E-state index >= 15 is 0 Å². The average molecular weight is 311 g/mol. The first kappa shape index (κ1) is 15.7. The summed E-state index contributed by atoms with van der Waals surface area (Å²) >= 11 is 0. The minimum atomic E-state index is -3.58. The maximum Gasteiger partial charge on any atom is 0.235 e. The second-order valence-electron chi connectivity index (χ2n) is 3.45. The molecule has 0 heterocycles. The molecule has 0 saturated heterocycles. The van der Waals surface area contributed by atoms with Crippen molar-refractivity contribution in [3.8, 4) is 23.0 Å². The van der Waals surface area contributed by atoms with Gasteiger partial charge in [-0.3, -0.25) is 0 Å². The second kappa shape index (κ2) is 6.72. The predicted molar refractivity (Wildman–Crippen MR) is 71.2 cm³/mol. The van der Waals surface area contributed by atoms with Crippen LogP contribution in [0.3, 0.4) is 0 Å². The Labute approximate surface area is 116 Å². The van der Waals surface area contributed by atoms with Crippen molar-refractivity contribution in [2.24, 2.45) is 0 Å². The molecule has 0 bridgehead atoms. The minimum Gasteiger partial charge on any atom is -0.493 e. The van der Waals surface area contributed by atoms with Crippen molar-refractivity contribution >= 4 is 19.7 Å². The van der Waals surface area contributed by atoms with E-state index in [-0.39, 0.29) is 12.4 Å². The van der Waals surface area contributed by atoms with E-state index in [0.29, 0.717) is 23.0 Å². The molecule has 0 spiro atoms. The Morgan fingerprint density at radius 3 is 1.95 bits per heavy atom. The molecule has 0 unspecified atom stereocenters. The normalized spacial score (nSPS) is 10.9. The maximum absolute atomic E-state index is 10.8. The summed E-state index contributed by atoms with van der Waals surface area (Å²) in [6.45, 7) is -0.0650. The van der Waals surface area contributed by atoms with Gasteiger partial charge in [-0.1, -0.05) is 0 Å². The SMILES string of the molecule is COc1cc(OCCS(=O)(=O)Cl)cc(OC)c1OC. The summed E-state index contributed by atoms with van der Waals surface area (Å²) in [5.41, 5.74) is 0. The molecular weight excluding hydrogens is 296 g/mol. The molecule has 0 aromatic heterocycles. The number of ether oxygens (including phenoxy) is 4. The highest BCUT2D eigenvalue weighted by molar-refractivity contribution is 8.13. The van der Waals surface area contributed by atoms with Gasteiger partial charge in [0.05, 0.1) is 27.1 Å². The van der Waals surface area contributed by atoms with Crippen LogP contribution in [-0.2, 0) is 9.05 Å². The topological polar surface area (TPSA) is 71.1 Å². The Morgan fingerprint density at radius 1 is 1.05 bits per heavy atom. The van der Waals surface area contributed by atoms with Crippen molar-refractivity contribution in [3.63, 3.8) is 0 Å². The molecule has 19 heavy (non-hydrogen) atoms. The molecular formula is C11H15ClO6S. The van der Waals surface area contributed by atoms with Gasteiger partial charge in [0.15, 0.2) is 11.5 Å². The summed E-state index contributed by atoms with van der Waals surface area (Å²) in [5, 5.41) is 0. The smallest absolute Gasteiger partial charge is 0.235 e. The predicted octanol–water partition coefficient (Wildman–Crippen LogP) is 1.66. The number of methoxy groups -OCH3 is 3. The first-order chi connectivity index (χ1) is 8.91. The summed E-state index contributed by atoms with van der Waals surface area (Å²) in [6.07, 6.45) is 0. The van der Waals surface area contributed by atoms with Crippen LogP contribution in [0.5, 0.6) is 23.0 Å². The molecule has 108 valence electrons. The summed E-state index contributed by atoms with van der Waals surface area (Å²) in [5.74, 6) is 1.39. The zero-order valence-corrected chi connectivity index (χ0v) is 12.4. The fourth-order valence-corrected chi connectivity index (χ4v) is 1.87. The van der Waals surface area contributed by atoms with Crippen molar-refractivity contribution in [3.05, 3.63) is 12.1 Å². The quantitative estimate of drug-likeness (QED) is 0.713. The minimum absolute atomic E-state index is 0.0650. The van der Waals surface area contributed by atoms with Crippen LogP contribution in [0.2, 0.25) is 0 Å². The maximum atomic E-state index is 10.8. The molecule has 0 atom stereocenters. The third kappa shape index (κ3) is 4.68. The van der Waals surface area contributed by atoms with E-state index in [1.165, 1.54) is 21.3 Å². The van der Waals surface area contributed by atoms with Crippen LogP contribution in [0.4, 0.5) is 0 Å². The fourth-order valence-electron chi connectivity index (χ4n) is 1.40. The highest BCUT2D eigenvalue weighted by atomic mass is 35.7. The van der Waals surface area contributed by atoms with Gasteiger partial charge in [-0.15, -0.1) is 0 Å². The molecule has 1 aromatic rings. The Morgan fingerprint density at radius 2 is 1.58 bits per heavy atom. The van der Waals surface area contributed by atoms with Crippen LogP contribution in [0.15, 0.2) is 12.1 Å². The molecule has 1 rings (SSSR count). The molecule has 0 N–H and O–H groups in total. The Balaban J connectivity index is 2.90. The van der Waals surface area contributed by atoms with Crippen molar-refractivity contribution in [1.29, 1.82) is 0 Å². The average Bonchev–Trinajstić information content (AvgIpc) is 2.35. The highest BCUT2D eigenvalue weighted by Crippen LogP contribution is 2.40. The van der Waals surface area contributed by atoms with Crippen LogP contribution >= 0.6 is 10.7 Å². The van der Waals surface area contributed by atoms with Gasteiger partial charge in [0.1, 0.15) is 12.4 Å². The molecule has 1 aromatic carbocycles. The second-order valence-corrected chi connectivity index (χ2v) is 6.35. The number of benzene rings is 1. The molecule has 0 amide bonds. The lowest BCUT2D eigenvalue weighted by atomic mass is 10.2. The number of hydrogen-bond donors (Lipinski definition) is 0. The summed E-state index contributed by atoms with van der Waals surface area (Å²) in [6, 6.07) is 3.14. The molecule has 8 heteroatoms. The van der Waals surface area contributed by atoms with Crippen LogP contribution < -0.4 is 18.9 Å². The first-order valence-corrected chi connectivity index (χ1v) is 7.74. The van der Waals surface area contributed by atoms with E-state index < -0.39 is 9.05 Å². The third-order valence-electron chi connectivity index (χ3n) is 2.23. The largest absolute Gasteiger partial charge is 0.493 e. The van der Waals surface area contributed by atoms with Gasteiger partial charge in [0, 0.05) is 22.8 Å². The van der Waals surface area contributed by atoms with Crippen molar-refractivity contribution in [1.82, 2.24) is 0 Å². The zero-order chi connectivity index (χ0) is 14.5. The lowest BCUT2D eigenvalue weighted by Crippen LogP contribution is -2.09. The van der Waals surface area contributed by atoms with E-state index in [1.807, 2.05) is 0 Å². The molecule has 0 aliphatic rings. The van der Waals surface area contributed by atoms with Crippen molar-refractivity contribution in [2.75, 3.05) is 33.7 Å². The standard InChI is InChI=1S/C11H15ClO6S/c1-15-9-6-8(18-4-5-19(12,13)14)7-10(16-2)11(9)17-3/h6-7H,4-5H2,1-3H3. The van der Waals surface area contributed by atoms with Crippen LogP contribution in [0, 0.1) is 0 Å². The monoisotopic (exact) mass is 310 g/mol. The Bertz CT molecular complexity index is 503. The van der Waals surface area contributed by atoms with Crippen LogP contribution in [0.25, 0.3) is 0 Å². The number of halogens is 1. The van der Waals surface area contributed by atoms with E-state index in [2.05, 4.69) is 0 Å². The summed E-state index contributed by atoms with van der Waals surface area (Å²) < 4.78 is 42.3. The van der Waals surface area contributed by atoms with Gasteiger partial charge < -0.3 is 18.9 Å². The van der Waals surface area contributed by atoms with E-state index in [9.17, 15) is 8.42 Å². The Kier molecular flexibility index (Phi) is 5.56. The first-order valence-electron chi connectivity index (χ1n) is 5.26. The number of hydrogen-bond acceptors (Lipinski definition) is 6. The highest BCUT2D eigenvalue weighted by Gasteiger charge is 2.14. The van der Waals surface area contributed by atoms with Crippen molar-refractivity contribution in [2.45, 2.75) is 0 Å². The molecule has 0 saturated carbocycles. The van der Waals surface area contributed by atoms with Crippen LogP contribution in [0.1, 0.15) is 0 Å². The lowest BCUT2D eigenvalue weighted by Gasteiger charge is -2.14. The molecule has 0 aliphatic heterocycles. The van der Waals surface area contributed by atoms with Gasteiger partial charge in [-0.2, -0.15) is 0 Å². The van der Waals surface area contributed by atoms with Crippen molar-refractivity contribution < 1.29 is 27.4 Å². The zero-order valence-electron chi connectivity index (χ0n) is 10.8. The molecule has 6 nitrogen and oxygen atoms in total. The van der Waals surface area contributed by atoms with E-state index in [0.717, 1.165) is 0 Å². The van der Waals surface area contributed by atoms with Crippen LogP contribution in [-0.4, -0.2) is 42.1 Å². The van der Waals surface area contributed by atoms with Gasteiger partial charge in [0.2, 0.25) is 14.8 Å². The molecule has 0 aliphatic carbocycles. The lowest BCUT2D eigenvalue weighted by molar-refractivity contribution is 0.308. The fraction of sp³-hybridized carbons (Fsp3) is 0.455. The van der Waals surface area contributed by atoms with Gasteiger partial charge in [-0.25, -0.2) is 8.42 Å². The third-order valence-corrected chi connectivity index (χ3v) is 3.35.